The lowest BCUT2D eigenvalue weighted by atomic mass is 9.90. The predicted octanol–water partition coefficient (Wildman–Crippen LogP) is 3.08. The molecule has 3 aromatic rings. The molecule has 11 nitrogen and oxygen atoms in total. The van der Waals surface area contributed by atoms with E-state index in [0.29, 0.717) is 30.4 Å². The van der Waals surface area contributed by atoms with Gasteiger partial charge in [0.05, 0.1) is 55.0 Å². The third-order valence-electron chi connectivity index (χ3n) is 7.73. The second kappa shape index (κ2) is 11.4. The normalized spacial score (nSPS) is 23.6. The van der Waals surface area contributed by atoms with E-state index in [0.717, 1.165) is 42.4 Å². The van der Waals surface area contributed by atoms with E-state index in [1.54, 1.807) is 12.3 Å². The van der Waals surface area contributed by atoms with Crippen LogP contribution in [0.15, 0.2) is 30.5 Å². The molecule has 3 unspecified atom stereocenters. The van der Waals surface area contributed by atoms with E-state index in [1.165, 1.54) is 0 Å². The first-order valence-corrected chi connectivity index (χ1v) is 14.3. The van der Waals surface area contributed by atoms with Crippen LogP contribution in [0.5, 0.6) is 0 Å². The number of aliphatic hydroxyl groups is 1. The summed E-state index contributed by atoms with van der Waals surface area (Å²) in [5, 5.41) is 29.7. The van der Waals surface area contributed by atoms with Gasteiger partial charge in [-0.05, 0) is 37.8 Å². The van der Waals surface area contributed by atoms with Crippen LogP contribution in [0.25, 0.3) is 10.9 Å². The maximum absolute atomic E-state index is 13.5. The number of fused-ring (bicyclic) bond motifs is 1. The standard InChI is InChI=1S/C26H35N9O2S/c1-4-19-10-21(11-20(5-2)35(19)38(37)34-14-17(13-27)15-34)33(3)25-12-23-22(7-6-8-28-23)26(30-25)29-24-9-18(16-36)31-32-24/h6-9,12,17,19-21,36H,4-5,10-11,14-16H2,1-3H3,(H2,29,30,31,32). The zero-order chi connectivity index (χ0) is 26.8. The third-order valence-corrected chi connectivity index (χ3v) is 9.42. The highest BCUT2D eigenvalue weighted by atomic mass is 32.2. The molecule has 2 saturated heterocycles. The minimum absolute atomic E-state index is 0.0186. The number of nitrogens with one attached hydrogen (secondary N) is 2. The van der Waals surface area contributed by atoms with Gasteiger partial charge in [-0.2, -0.15) is 10.4 Å². The van der Waals surface area contributed by atoms with Crippen LogP contribution in [-0.4, -0.2) is 76.7 Å². The van der Waals surface area contributed by atoms with Crippen LogP contribution in [-0.2, 0) is 18.2 Å². The van der Waals surface area contributed by atoms with E-state index in [4.69, 9.17) is 10.2 Å². The zero-order valence-electron chi connectivity index (χ0n) is 22.0. The molecule has 0 saturated carbocycles. The van der Waals surface area contributed by atoms with Crippen LogP contribution in [0.3, 0.4) is 0 Å². The number of piperidine rings is 1. The fourth-order valence-electron chi connectivity index (χ4n) is 5.43. The largest absolute Gasteiger partial charge is 0.578 e. The van der Waals surface area contributed by atoms with Gasteiger partial charge in [0.25, 0.3) is 0 Å². The average Bonchev–Trinajstić information content (AvgIpc) is 3.38. The summed E-state index contributed by atoms with van der Waals surface area (Å²) in [6.07, 6.45) is 5.31. The van der Waals surface area contributed by atoms with Gasteiger partial charge in [-0.25, -0.2) is 4.98 Å². The summed E-state index contributed by atoms with van der Waals surface area (Å²) < 4.78 is 17.6. The van der Waals surface area contributed by atoms with Crippen molar-refractivity contribution in [1.29, 1.82) is 5.26 Å². The molecule has 0 aliphatic carbocycles. The molecule has 38 heavy (non-hydrogen) atoms. The Morgan fingerprint density at radius 1 is 1.26 bits per heavy atom. The summed E-state index contributed by atoms with van der Waals surface area (Å²) in [5.41, 5.74) is 1.44. The summed E-state index contributed by atoms with van der Waals surface area (Å²) in [7, 11) is 2.07. The first-order valence-electron chi connectivity index (χ1n) is 13.2. The van der Waals surface area contributed by atoms with Crippen LogP contribution in [0.2, 0.25) is 0 Å². The van der Waals surface area contributed by atoms with E-state index in [9.17, 15) is 9.66 Å². The number of hydrogen-bond donors (Lipinski definition) is 3. The Balaban J connectivity index is 1.39. The van der Waals surface area contributed by atoms with Gasteiger partial charge in [-0.3, -0.25) is 10.1 Å². The lowest BCUT2D eigenvalue weighted by molar-refractivity contribution is 0.129. The van der Waals surface area contributed by atoms with Gasteiger partial charge in [0.2, 0.25) is 0 Å². The Hall–Kier alpha value is -2.95. The maximum atomic E-state index is 13.5. The molecule has 5 heterocycles. The Morgan fingerprint density at radius 3 is 2.63 bits per heavy atom. The van der Waals surface area contributed by atoms with Crippen molar-refractivity contribution >= 4 is 39.9 Å². The minimum atomic E-state index is -1.23. The van der Waals surface area contributed by atoms with Crippen molar-refractivity contribution in [1.82, 2.24) is 28.8 Å². The Bertz CT molecular complexity index is 1280. The molecule has 0 aromatic carbocycles. The van der Waals surface area contributed by atoms with E-state index in [2.05, 4.69) is 56.7 Å². The van der Waals surface area contributed by atoms with Gasteiger partial charge in [0, 0.05) is 36.8 Å². The van der Waals surface area contributed by atoms with Gasteiger partial charge < -0.3 is 19.9 Å². The number of aromatic nitrogens is 4. The van der Waals surface area contributed by atoms with Gasteiger partial charge in [0.15, 0.2) is 5.82 Å². The lowest BCUT2D eigenvalue weighted by Crippen LogP contribution is -2.62. The number of pyridine rings is 2. The molecule has 3 atom stereocenters. The second-order valence-electron chi connectivity index (χ2n) is 10.1. The molecule has 5 rings (SSSR count). The molecule has 0 radical (unpaired) electrons. The number of H-pyrrole nitrogens is 1. The van der Waals surface area contributed by atoms with Crippen LogP contribution >= 0.6 is 0 Å². The topological polar surface area (TPSA) is 143 Å². The van der Waals surface area contributed by atoms with Gasteiger partial charge in [0.1, 0.15) is 23.2 Å². The SMILES string of the molecule is CCC1CC(N(C)c2cc3ncccc3c(Nc3cc(CO)[nH]n3)n2)CC(CC)N1[S+]([O-])N1CC(C#N)C1. The quantitative estimate of drug-likeness (QED) is 0.348. The molecule has 0 spiro atoms. The van der Waals surface area contributed by atoms with Crippen molar-refractivity contribution in [3.05, 3.63) is 36.2 Å². The molecule has 2 aliphatic heterocycles. The Morgan fingerprint density at radius 2 is 2.00 bits per heavy atom. The van der Waals surface area contributed by atoms with Crippen LogP contribution in [0.4, 0.5) is 17.5 Å². The summed E-state index contributed by atoms with van der Waals surface area (Å²) in [6.45, 7) is 5.35. The monoisotopic (exact) mass is 537 g/mol. The molecular formula is C26H35N9O2S. The van der Waals surface area contributed by atoms with E-state index >= 15 is 0 Å². The fourth-order valence-corrected chi connectivity index (χ4v) is 7.29. The van der Waals surface area contributed by atoms with E-state index in [1.807, 2.05) is 22.5 Å². The summed E-state index contributed by atoms with van der Waals surface area (Å²) >= 11 is -1.23. The van der Waals surface area contributed by atoms with Crippen molar-refractivity contribution in [2.45, 2.75) is 64.3 Å². The van der Waals surface area contributed by atoms with Gasteiger partial charge in [-0.1, -0.05) is 13.8 Å². The van der Waals surface area contributed by atoms with Crippen molar-refractivity contribution in [3.63, 3.8) is 0 Å². The molecule has 2 fully saturated rings. The molecule has 3 aromatic heterocycles. The lowest BCUT2D eigenvalue weighted by Gasteiger charge is -2.48. The molecule has 0 bridgehead atoms. The van der Waals surface area contributed by atoms with Crippen molar-refractivity contribution in [2.75, 3.05) is 30.4 Å². The first-order chi connectivity index (χ1) is 18.4. The van der Waals surface area contributed by atoms with E-state index < -0.39 is 11.5 Å². The number of rotatable bonds is 9. The van der Waals surface area contributed by atoms with Crippen molar-refractivity contribution < 1.29 is 9.66 Å². The van der Waals surface area contributed by atoms with Gasteiger partial charge >= 0.3 is 0 Å². The molecule has 12 heteroatoms. The zero-order valence-corrected chi connectivity index (χ0v) is 22.9. The summed E-state index contributed by atoms with van der Waals surface area (Å²) in [5.74, 6) is 2.01. The Kier molecular flexibility index (Phi) is 8.01. The van der Waals surface area contributed by atoms with Crippen molar-refractivity contribution in [2.24, 2.45) is 5.92 Å². The fraction of sp³-hybridized carbons (Fsp3) is 0.538. The third kappa shape index (κ3) is 5.17. The highest BCUT2D eigenvalue weighted by molar-refractivity contribution is 7.86. The summed E-state index contributed by atoms with van der Waals surface area (Å²) in [6, 6.07) is 10.5. The number of nitrogens with zero attached hydrogens (tertiary/aromatic N) is 7. The first kappa shape index (κ1) is 26.6. The minimum Gasteiger partial charge on any atom is -0.578 e. The highest BCUT2D eigenvalue weighted by Crippen LogP contribution is 2.37. The molecule has 0 amide bonds. The number of hydrogen-bond acceptors (Lipinski definition) is 10. The molecule has 202 valence electrons. The number of nitriles is 1. The molecular weight excluding hydrogens is 502 g/mol. The predicted molar refractivity (Wildman–Crippen MR) is 148 cm³/mol. The maximum Gasteiger partial charge on any atom is 0.153 e. The molecule has 3 N–H and O–H groups in total. The van der Waals surface area contributed by atoms with E-state index in [-0.39, 0.29) is 30.7 Å². The smallest absolute Gasteiger partial charge is 0.153 e. The second-order valence-corrected chi connectivity index (χ2v) is 11.5. The van der Waals surface area contributed by atoms with Crippen LogP contribution < -0.4 is 10.2 Å². The molecule has 2 aliphatic rings. The Labute approximate surface area is 226 Å². The van der Waals surface area contributed by atoms with Crippen molar-refractivity contribution in [3.8, 4) is 6.07 Å². The number of aromatic amines is 1. The van der Waals surface area contributed by atoms with Crippen LogP contribution in [0, 0.1) is 17.2 Å². The highest BCUT2D eigenvalue weighted by Gasteiger charge is 2.48. The number of aliphatic hydroxyl groups excluding tert-OH is 1. The van der Waals surface area contributed by atoms with Gasteiger partial charge in [-0.15, -0.1) is 8.61 Å². The number of anilines is 3. The average molecular weight is 538 g/mol. The summed E-state index contributed by atoms with van der Waals surface area (Å²) in [4.78, 5) is 11.8. The van der Waals surface area contributed by atoms with Crippen LogP contribution in [0.1, 0.15) is 45.2 Å².